The minimum absolute atomic E-state index is 0.0641. The van der Waals surface area contributed by atoms with Crippen LogP contribution < -0.4 is 22.1 Å². The highest BCUT2D eigenvalue weighted by molar-refractivity contribution is 5.91. The second-order valence-corrected chi connectivity index (χ2v) is 7.14. The average Bonchev–Trinajstić information content (AvgIpc) is 2.51. The normalized spacial score (nSPS) is 14.9. The van der Waals surface area contributed by atoms with Crippen molar-refractivity contribution in [3.8, 4) is 0 Å². The van der Waals surface area contributed by atoms with Crippen LogP contribution >= 0.6 is 0 Å². The number of carbonyl (C=O) groups is 3. The maximum atomic E-state index is 12.5. The number of nitrogens with one attached hydrogen (secondary N) is 2. The van der Waals surface area contributed by atoms with Gasteiger partial charge in [-0.25, -0.2) is 4.79 Å². The van der Waals surface area contributed by atoms with Crippen molar-refractivity contribution in [1.29, 1.82) is 0 Å². The van der Waals surface area contributed by atoms with E-state index in [4.69, 9.17) is 11.5 Å². The van der Waals surface area contributed by atoms with E-state index in [1.165, 1.54) is 0 Å². The van der Waals surface area contributed by atoms with E-state index in [1.54, 1.807) is 0 Å². The molecule has 146 valence electrons. The molecule has 0 radical (unpaired) electrons. The quantitative estimate of drug-likeness (QED) is 0.315. The number of carboxylic acids is 1. The lowest BCUT2D eigenvalue weighted by molar-refractivity contribution is -0.142. The molecule has 0 aliphatic rings. The maximum Gasteiger partial charge on any atom is 0.326 e. The fourth-order valence-corrected chi connectivity index (χ4v) is 2.30. The Hall–Kier alpha value is -1.67. The summed E-state index contributed by atoms with van der Waals surface area (Å²) in [6, 6.07) is -2.53. The van der Waals surface area contributed by atoms with Gasteiger partial charge in [0.1, 0.15) is 12.1 Å². The molecule has 0 aliphatic heterocycles. The molecule has 7 N–H and O–H groups in total. The Bertz CT molecular complexity index is 440. The van der Waals surface area contributed by atoms with Crippen LogP contribution in [-0.4, -0.2) is 47.6 Å². The first-order valence-corrected chi connectivity index (χ1v) is 8.89. The minimum atomic E-state index is -1.10. The fraction of sp³-hybridized carbons (Fsp3) is 0.824. The summed E-state index contributed by atoms with van der Waals surface area (Å²) in [7, 11) is 0. The Morgan fingerprint density at radius 3 is 1.96 bits per heavy atom. The highest BCUT2D eigenvalue weighted by Crippen LogP contribution is 2.08. The molecule has 0 saturated carbocycles. The molecule has 0 aliphatic carbocycles. The van der Waals surface area contributed by atoms with E-state index in [0.29, 0.717) is 32.2 Å². The molecule has 0 heterocycles. The molecule has 0 aromatic carbocycles. The lowest BCUT2D eigenvalue weighted by atomic mass is 10.00. The zero-order valence-corrected chi connectivity index (χ0v) is 15.7. The van der Waals surface area contributed by atoms with Gasteiger partial charge >= 0.3 is 5.97 Å². The molecular weight excluding hydrogens is 324 g/mol. The second kappa shape index (κ2) is 11.8. The van der Waals surface area contributed by atoms with Crippen molar-refractivity contribution in [2.24, 2.45) is 23.3 Å². The summed E-state index contributed by atoms with van der Waals surface area (Å²) in [5, 5.41) is 14.4. The van der Waals surface area contributed by atoms with Gasteiger partial charge in [0.15, 0.2) is 0 Å². The number of nitrogens with two attached hydrogens (primary N) is 2. The van der Waals surface area contributed by atoms with Crippen molar-refractivity contribution < 1.29 is 19.5 Å². The van der Waals surface area contributed by atoms with Gasteiger partial charge in [-0.3, -0.25) is 9.59 Å². The first kappa shape index (κ1) is 23.3. The summed E-state index contributed by atoms with van der Waals surface area (Å²) in [4.78, 5) is 36.0. The Balaban J connectivity index is 4.96. The average molecular weight is 358 g/mol. The molecule has 0 fully saturated rings. The first-order chi connectivity index (χ1) is 11.6. The molecule has 8 nitrogen and oxygen atoms in total. The Kier molecular flexibility index (Phi) is 11.0. The van der Waals surface area contributed by atoms with Crippen LogP contribution in [0.5, 0.6) is 0 Å². The number of amides is 2. The number of unbranched alkanes of at least 4 members (excludes halogenated alkanes) is 1. The van der Waals surface area contributed by atoms with E-state index in [1.807, 2.05) is 27.7 Å². The van der Waals surface area contributed by atoms with Crippen LogP contribution in [0.1, 0.15) is 53.4 Å². The largest absolute Gasteiger partial charge is 0.480 e. The van der Waals surface area contributed by atoms with E-state index in [0.717, 1.165) is 0 Å². The van der Waals surface area contributed by atoms with Crippen LogP contribution in [0, 0.1) is 11.8 Å². The van der Waals surface area contributed by atoms with Gasteiger partial charge < -0.3 is 27.2 Å². The number of hydrogen-bond donors (Lipinski definition) is 5. The molecule has 0 spiro atoms. The van der Waals surface area contributed by atoms with Crippen LogP contribution in [0.4, 0.5) is 0 Å². The fourth-order valence-electron chi connectivity index (χ4n) is 2.30. The summed E-state index contributed by atoms with van der Waals surface area (Å²) in [5.41, 5.74) is 11.2. The number of carbonyl (C=O) groups excluding carboxylic acids is 2. The molecule has 0 saturated heterocycles. The van der Waals surface area contributed by atoms with Gasteiger partial charge in [0, 0.05) is 0 Å². The second-order valence-electron chi connectivity index (χ2n) is 7.14. The zero-order valence-electron chi connectivity index (χ0n) is 15.7. The van der Waals surface area contributed by atoms with Crippen LogP contribution in [0.25, 0.3) is 0 Å². The summed E-state index contributed by atoms with van der Waals surface area (Å²) in [6.07, 6.45) is 1.99. The van der Waals surface area contributed by atoms with Gasteiger partial charge in [-0.15, -0.1) is 0 Å². The Labute approximate surface area is 150 Å². The predicted molar refractivity (Wildman–Crippen MR) is 96.7 cm³/mol. The summed E-state index contributed by atoms with van der Waals surface area (Å²) >= 11 is 0. The highest BCUT2D eigenvalue weighted by Gasteiger charge is 2.28. The van der Waals surface area contributed by atoms with Gasteiger partial charge in [0.25, 0.3) is 0 Å². The molecule has 2 unspecified atom stereocenters. The lowest BCUT2D eigenvalue weighted by Crippen LogP contribution is -2.55. The van der Waals surface area contributed by atoms with Gasteiger partial charge in [-0.1, -0.05) is 27.7 Å². The van der Waals surface area contributed by atoms with E-state index < -0.39 is 35.9 Å². The van der Waals surface area contributed by atoms with E-state index in [9.17, 15) is 19.5 Å². The Morgan fingerprint density at radius 2 is 1.52 bits per heavy atom. The molecule has 0 aromatic rings. The van der Waals surface area contributed by atoms with E-state index >= 15 is 0 Å². The molecule has 2 amide bonds. The van der Waals surface area contributed by atoms with Crippen molar-refractivity contribution in [2.45, 2.75) is 71.5 Å². The number of hydrogen-bond acceptors (Lipinski definition) is 5. The molecule has 25 heavy (non-hydrogen) atoms. The van der Waals surface area contributed by atoms with Crippen molar-refractivity contribution in [2.75, 3.05) is 6.54 Å². The molecule has 0 aromatic heterocycles. The van der Waals surface area contributed by atoms with E-state index in [-0.39, 0.29) is 11.8 Å². The predicted octanol–water partition coefficient (Wildman–Crippen LogP) is 0.199. The third-order valence-corrected chi connectivity index (χ3v) is 3.92. The maximum absolute atomic E-state index is 12.5. The van der Waals surface area contributed by atoms with Crippen LogP contribution in [0.15, 0.2) is 0 Å². The van der Waals surface area contributed by atoms with E-state index in [2.05, 4.69) is 10.6 Å². The Morgan fingerprint density at radius 1 is 0.960 bits per heavy atom. The zero-order chi connectivity index (χ0) is 19.6. The number of rotatable bonds is 12. The smallest absolute Gasteiger partial charge is 0.326 e. The summed E-state index contributed by atoms with van der Waals surface area (Å²) in [5.74, 6) is -1.93. The molecule has 3 atom stereocenters. The standard InChI is InChI=1S/C17H34N4O4/c1-10(2)9-13(21-16(23)14(19)11(3)4)15(22)20-12(17(24)25)7-5-6-8-18/h10-14H,5-9,18-19H2,1-4H3,(H,20,22)(H,21,23)(H,24,25)/t12-,13?,14?/m1/s1. The van der Waals surface area contributed by atoms with Crippen molar-refractivity contribution in [3.05, 3.63) is 0 Å². The number of carboxylic acid groups (broad SMARTS) is 1. The third-order valence-electron chi connectivity index (χ3n) is 3.92. The third kappa shape index (κ3) is 9.40. The van der Waals surface area contributed by atoms with Crippen LogP contribution in [0.3, 0.4) is 0 Å². The molecule has 0 bridgehead atoms. The molecule has 8 heteroatoms. The lowest BCUT2D eigenvalue weighted by Gasteiger charge is -2.25. The number of aliphatic carboxylic acids is 1. The van der Waals surface area contributed by atoms with Crippen LogP contribution in [-0.2, 0) is 14.4 Å². The van der Waals surface area contributed by atoms with Crippen molar-refractivity contribution in [3.63, 3.8) is 0 Å². The summed E-state index contributed by atoms with van der Waals surface area (Å²) in [6.45, 7) is 7.95. The van der Waals surface area contributed by atoms with Gasteiger partial charge in [-0.2, -0.15) is 0 Å². The topological polar surface area (TPSA) is 148 Å². The van der Waals surface area contributed by atoms with Crippen molar-refractivity contribution >= 4 is 17.8 Å². The molecular formula is C17H34N4O4. The summed E-state index contributed by atoms with van der Waals surface area (Å²) < 4.78 is 0. The molecule has 0 rings (SSSR count). The highest BCUT2D eigenvalue weighted by atomic mass is 16.4. The van der Waals surface area contributed by atoms with Gasteiger partial charge in [0.05, 0.1) is 6.04 Å². The minimum Gasteiger partial charge on any atom is -0.480 e. The van der Waals surface area contributed by atoms with Crippen molar-refractivity contribution in [1.82, 2.24) is 10.6 Å². The monoisotopic (exact) mass is 358 g/mol. The first-order valence-electron chi connectivity index (χ1n) is 8.89. The van der Waals surface area contributed by atoms with Crippen LogP contribution in [0.2, 0.25) is 0 Å². The van der Waals surface area contributed by atoms with Gasteiger partial charge in [0.2, 0.25) is 11.8 Å². The SMILES string of the molecule is CC(C)CC(NC(=O)C(N)C(C)C)C(=O)N[C@H](CCCCN)C(=O)O. The van der Waals surface area contributed by atoms with Gasteiger partial charge in [-0.05, 0) is 44.1 Å².